The topological polar surface area (TPSA) is 115 Å². The normalized spacial score (nSPS) is 10.9. The number of fused-ring (bicyclic) bond motifs is 1. The molecule has 10 nitrogen and oxygen atoms in total. The Kier molecular flexibility index (Phi) is 6.55. The minimum atomic E-state index is -0.656. The van der Waals surface area contributed by atoms with Crippen molar-refractivity contribution in [2.45, 2.75) is 6.61 Å². The number of carbonyl (C=O) groups is 1. The third kappa shape index (κ3) is 4.46. The molecule has 0 saturated carbocycles. The number of aromatic nitrogens is 3. The van der Waals surface area contributed by atoms with Gasteiger partial charge in [0.05, 0.1) is 12.7 Å². The molecule has 0 bridgehead atoms. The van der Waals surface area contributed by atoms with Gasteiger partial charge in [0.2, 0.25) is 16.9 Å². The Balaban J connectivity index is 1.91. The highest BCUT2D eigenvalue weighted by Crippen LogP contribution is 2.34. The molecular weight excluding hydrogens is 449 g/mol. The Morgan fingerprint density at radius 1 is 1.15 bits per heavy atom. The number of aryl methyl sites for hydroxylation is 1. The van der Waals surface area contributed by atoms with Crippen LogP contribution in [0.2, 0.25) is 0 Å². The molecule has 11 heteroatoms. The summed E-state index contributed by atoms with van der Waals surface area (Å²) in [6.07, 6.45) is 1.29. The van der Waals surface area contributed by atoms with Crippen LogP contribution in [0.3, 0.4) is 0 Å². The van der Waals surface area contributed by atoms with Crippen molar-refractivity contribution >= 4 is 16.9 Å². The third-order valence-corrected chi connectivity index (χ3v) is 4.88. The molecule has 176 valence electrons. The zero-order valence-electron chi connectivity index (χ0n) is 18.5. The Morgan fingerprint density at radius 2 is 1.91 bits per heavy atom. The van der Waals surface area contributed by atoms with Gasteiger partial charge < -0.3 is 23.4 Å². The lowest BCUT2D eigenvalue weighted by atomic mass is 10.1. The lowest BCUT2D eigenvalue weighted by Crippen LogP contribution is -2.14. The first-order valence-corrected chi connectivity index (χ1v) is 9.99. The first-order chi connectivity index (χ1) is 16.4. The fourth-order valence-corrected chi connectivity index (χ4v) is 3.26. The van der Waals surface area contributed by atoms with Gasteiger partial charge in [-0.3, -0.25) is 4.79 Å². The minimum absolute atomic E-state index is 0.000973. The highest BCUT2D eigenvalue weighted by molar-refractivity contribution is 5.97. The first kappa shape index (κ1) is 22.9. The number of hydrogen-bond donors (Lipinski definition) is 0. The molecule has 2 aromatic heterocycles. The minimum Gasteiger partial charge on any atom is -0.488 e. The van der Waals surface area contributed by atoms with Gasteiger partial charge in [-0.1, -0.05) is 12.1 Å². The summed E-state index contributed by atoms with van der Waals surface area (Å²) in [4.78, 5) is 29.9. The molecule has 0 aliphatic carbocycles. The number of methoxy groups -OCH3 is 2. The van der Waals surface area contributed by atoms with Crippen LogP contribution in [0.5, 0.6) is 11.5 Å². The molecular formula is C23H20FN3O7. The van der Waals surface area contributed by atoms with Gasteiger partial charge >= 0.3 is 5.97 Å². The largest absolute Gasteiger partial charge is 0.488 e. The molecule has 0 fully saturated rings. The molecule has 0 N–H and O–H groups in total. The average Bonchev–Trinajstić information content (AvgIpc) is 3.27. The van der Waals surface area contributed by atoms with Crippen LogP contribution in [0.25, 0.3) is 22.6 Å². The van der Waals surface area contributed by atoms with Crippen molar-refractivity contribution in [2.75, 3.05) is 21.0 Å². The third-order valence-electron chi connectivity index (χ3n) is 4.88. The Labute approximate surface area is 192 Å². The highest BCUT2D eigenvalue weighted by atomic mass is 19.1. The lowest BCUT2D eigenvalue weighted by molar-refractivity contribution is 0.0497. The number of nitrogens with zero attached hydrogens (tertiary/aromatic N) is 3. The summed E-state index contributed by atoms with van der Waals surface area (Å²) in [5, 5.41) is 4.04. The maximum Gasteiger partial charge on any atom is 0.338 e. The SMILES string of the molecule is COCOc1c(-c2ncnn2C)oc2cc(C(=O)OC)cc(OCc3ccc(F)cc3)c2c1=O. The maximum absolute atomic E-state index is 13.5. The van der Waals surface area contributed by atoms with Gasteiger partial charge in [0.1, 0.15) is 35.5 Å². The average molecular weight is 469 g/mol. The van der Waals surface area contributed by atoms with E-state index < -0.39 is 17.2 Å². The summed E-state index contributed by atoms with van der Waals surface area (Å²) >= 11 is 0. The second-order valence-electron chi connectivity index (χ2n) is 7.10. The Bertz CT molecular complexity index is 1400. The molecule has 0 aliphatic heterocycles. The number of carbonyl (C=O) groups excluding carboxylic acids is 1. The molecule has 2 heterocycles. The van der Waals surface area contributed by atoms with Crippen LogP contribution < -0.4 is 14.9 Å². The van der Waals surface area contributed by atoms with Crippen molar-refractivity contribution in [3.8, 4) is 23.1 Å². The molecule has 0 atom stereocenters. The number of benzene rings is 2. The summed E-state index contributed by atoms with van der Waals surface area (Å²) in [5.74, 6) is -0.927. The second-order valence-corrected chi connectivity index (χ2v) is 7.10. The molecule has 34 heavy (non-hydrogen) atoms. The quantitative estimate of drug-likeness (QED) is 0.284. The van der Waals surface area contributed by atoms with E-state index in [1.165, 1.54) is 49.5 Å². The van der Waals surface area contributed by atoms with E-state index in [-0.39, 0.29) is 53.0 Å². The van der Waals surface area contributed by atoms with E-state index in [4.69, 9.17) is 23.4 Å². The van der Waals surface area contributed by atoms with Gasteiger partial charge in [-0.25, -0.2) is 18.9 Å². The van der Waals surface area contributed by atoms with Crippen LogP contribution >= 0.6 is 0 Å². The van der Waals surface area contributed by atoms with Crippen LogP contribution in [0.4, 0.5) is 4.39 Å². The Hall–Kier alpha value is -4.25. The lowest BCUT2D eigenvalue weighted by Gasteiger charge is -2.14. The Morgan fingerprint density at radius 3 is 2.56 bits per heavy atom. The predicted molar refractivity (Wildman–Crippen MR) is 117 cm³/mol. The van der Waals surface area contributed by atoms with Crippen molar-refractivity contribution < 1.29 is 32.5 Å². The number of hydrogen-bond acceptors (Lipinski definition) is 9. The van der Waals surface area contributed by atoms with Crippen LogP contribution in [-0.4, -0.2) is 41.7 Å². The van der Waals surface area contributed by atoms with E-state index >= 15 is 0 Å². The molecule has 4 aromatic rings. The standard InChI is InChI=1S/C23H20FN3O7/c1-27-22(25-11-26-27)21-20(33-12-30-2)19(28)18-16(32-10-13-4-6-15(24)7-5-13)8-14(23(29)31-3)9-17(18)34-21/h4-9,11H,10,12H2,1-3H3. The molecule has 0 radical (unpaired) electrons. The zero-order valence-corrected chi connectivity index (χ0v) is 18.5. The van der Waals surface area contributed by atoms with Crippen molar-refractivity contribution in [3.63, 3.8) is 0 Å². The van der Waals surface area contributed by atoms with E-state index in [1.807, 2.05) is 0 Å². The van der Waals surface area contributed by atoms with Crippen molar-refractivity contribution in [3.05, 3.63) is 69.9 Å². The summed E-state index contributed by atoms with van der Waals surface area (Å²) < 4.78 is 41.8. The smallest absolute Gasteiger partial charge is 0.338 e. The number of rotatable bonds is 8. The molecule has 0 saturated heterocycles. The molecule has 2 aromatic carbocycles. The van der Waals surface area contributed by atoms with E-state index in [2.05, 4.69) is 10.1 Å². The monoisotopic (exact) mass is 469 g/mol. The van der Waals surface area contributed by atoms with E-state index in [0.29, 0.717) is 5.56 Å². The van der Waals surface area contributed by atoms with Crippen LogP contribution in [0.15, 0.2) is 51.9 Å². The summed E-state index contributed by atoms with van der Waals surface area (Å²) in [5.41, 5.74) is 0.224. The molecule has 0 unspecified atom stereocenters. The first-order valence-electron chi connectivity index (χ1n) is 9.99. The molecule has 0 spiro atoms. The predicted octanol–water partition coefficient (Wildman–Crippen LogP) is 3.08. The van der Waals surface area contributed by atoms with Crippen molar-refractivity contribution in [1.29, 1.82) is 0 Å². The van der Waals surface area contributed by atoms with Gasteiger partial charge in [-0.05, 0) is 29.8 Å². The van der Waals surface area contributed by atoms with Gasteiger partial charge in [0, 0.05) is 14.2 Å². The van der Waals surface area contributed by atoms with Gasteiger partial charge in [-0.2, -0.15) is 5.10 Å². The van der Waals surface area contributed by atoms with Crippen molar-refractivity contribution in [1.82, 2.24) is 14.8 Å². The zero-order chi connectivity index (χ0) is 24.2. The number of esters is 1. The molecule has 0 aliphatic rings. The molecule has 0 amide bonds. The number of halogens is 1. The fraction of sp³-hybridized carbons (Fsp3) is 0.217. The van der Waals surface area contributed by atoms with Crippen LogP contribution in [0, 0.1) is 5.82 Å². The highest BCUT2D eigenvalue weighted by Gasteiger charge is 2.25. The number of ether oxygens (including phenoxy) is 4. The fourth-order valence-electron chi connectivity index (χ4n) is 3.26. The van der Waals surface area contributed by atoms with Crippen LogP contribution in [0.1, 0.15) is 15.9 Å². The van der Waals surface area contributed by atoms with Crippen LogP contribution in [-0.2, 0) is 23.1 Å². The van der Waals surface area contributed by atoms with Crippen molar-refractivity contribution in [2.24, 2.45) is 7.05 Å². The second kappa shape index (κ2) is 9.71. The van der Waals surface area contributed by atoms with E-state index in [1.54, 1.807) is 19.2 Å². The van der Waals surface area contributed by atoms with Gasteiger partial charge in [-0.15, -0.1) is 0 Å². The van der Waals surface area contributed by atoms with E-state index in [9.17, 15) is 14.0 Å². The van der Waals surface area contributed by atoms with Gasteiger partial charge in [0.15, 0.2) is 12.6 Å². The van der Waals surface area contributed by atoms with E-state index in [0.717, 1.165) is 0 Å². The summed E-state index contributed by atoms with van der Waals surface area (Å²) in [7, 11) is 4.26. The summed E-state index contributed by atoms with van der Waals surface area (Å²) in [6.45, 7) is -0.230. The maximum atomic E-state index is 13.5. The van der Waals surface area contributed by atoms with Gasteiger partial charge in [0.25, 0.3) is 0 Å². The summed E-state index contributed by atoms with van der Waals surface area (Å²) in [6, 6.07) is 8.41. The molecule has 4 rings (SSSR count).